The number of anilines is 2. The minimum atomic E-state index is -0.0937. The number of amides is 2. The van der Waals surface area contributed by atoms with Gasteiger partial charge >= 0.3 is 0 Å². The number of hydrogen-bond acceptors (Lipinski definition) is 6. The van der Waals surface area contributed by atoms with Crippen LogP contribution >= 0.6 is 11.8 Å². The first-order valence-electron chi connectivity index (χ1n) is 11.3. The van der Waals surface area contributed by atoms with Gasteiger partial charge in [-0.3, -0.25) is 9.59 Å². The first-order valence-corrected chi connectivity index (χ1v) is 12.3. The molecule has 3 aromatic rings. The average molecular weight is 476 g/mol. The summed E-state index contributed by atoms with van der Waals surface area (Å²) in [5.41, 5.74) is 5.41. The number of carbonyl (C=O) groups is 2. The van der Waals surface area contributed by atoms with Crippen molar-refractivity contribution in [2.45, 2.75) is 25.9 Å². The molecule has 7 nitrogen and oxygen atoms in total. The molecule has 0 saturated carbocycles. The van der Waals surface area contributed by atoms with Crippen LogP contribution in [0.25, 0.3) is 0 Å². The van der Waals surface area contributed by atoms with Gasteiger partial charge in [-0.2, -0.15) is 0 Å². The second-order valence-corrected chi connectivity index (χ2v) is 9.35. The zero-order valence-corrected chi connectivity index (χ0v) is 20.6. The summed E-state index contributed by atoms with van der Waals surface area (Å²) in [7, 11) is 0. The summed E-state index contributed by atoms with van der Waals surface area (Å²) in [6.45, 7) is 8.73. The number of nitrogens with zero attached hydrogens (tertiary/aromatic N) is 4. The molecule has 0 radical (unpaired) electrons. The second-order valence-electron chi connectivity index (χ2n) is 8.41. The Kier molecular flexibility index (Phi) is 7.47. The fourth-order valence-corrected chi connectivity index (χ4v) is 4.74. The number of thioether (sulfide) groups is 1. The lowest BCUT2D eigenvalue weighted by Gasteiger charge is -2.36. The molecular weight excluding hydrogens is 446 g/mol. The van der Waals surface area contributed by atoms with E-state index in [9.17, 15) is 9.59 Å². The van der Waals surface area contributed by atoms with E-state index in [-0.39, 0.29) is 17.6 Å². The quantitative estimate of drug-likeness (QED) is 0.427. The maximum atomic E-state index is 12.8. The SMILES string of the molecule is Cc1cc(C)nc(SCC(=O)Nc2ccc(N3CCN(C(=O)c4ccccc4C)CC3)cc2)n1. The zero-order valence-electron chi connectivity index (χ0n) is 19.7. The van der Waals surface area contributed by atoms with Gasteiger partial charge in [0.05, 0.1) is 5.75 Å². The number of nitrogens with one attached hydrogen (secondary N) is 1. The average Bonchev–Trinajstić information content (AvgIpc) is 2.83. The van der Waals surface area contributed by atoms with Crippen molar-refractivity contribution in [2.24, 2.45) is 0 Å². The molecule has 0 aliphatic carbocycles. The van der Waals surface area contributed by atoms with Crippen molar-refractivity contribution in [3.05, 3.63) is 77.1 Å². The number of benzene rings is 2. The number of aromatic nitrogens is 2. The number of carbonyl (C=O) groups excluding carboxylic acids is 2. The van der Waals surface area contributed by atoms with E-state index in [1.807, 2.05) is 80.3 Å². The summed E-state index contributed by atoms with van der Waals surface area (Å²) in [4.78, 5) is 38.1. The highest BCUT2D eigenvalue weighted by Crippen LogP contribution is 2.21. The Balaban J connectivity index is 1.27. The molecule has 1 aliphatic rings. The number of rotatable bonds is 6. The Morgan fingerprint density at radius 1 is 0.912 bits per heavy atom. The lowest BCUT2D eigenvalue weighted by atomic mass is 10.1. The minimum Gasteiger partial charge on any atom is -0.368 e. The van der Waals surface area contributed by atoms with Gasteiger partial charge in [-0.05, 0) is 62.7 Å². The van der Waals surface area contributed by atoms with Crippen LogP contribution in [0.5, 0.6) is 0 Å². The van der Waals surface area contributed by atoms with Crippen LogP contribution in [0, 0.1) is 20.8 Å². The Bertz CT molecular complexity index is 1150. The molecule has 1 aliphatic heterocycles. The van der Waals surface area contributed by atoms with E-state index < -0.39 is 0 Å². The highest BCUT2D eigenvalue weighted by Gasteiger charge is 2.23. The van der Waals surface area contributed by atoms with Gasteiger partial charge in [0.15, 0.2) is 5.16 Å². The molecule has 34 heavy (non-hydrogen) atoms. The van der Waals surface area contributed by atoms with Crippen LogP contribution in [0.15, 0.2) is 59.8 Å². The largest absolute Gasteiger partial charge is 0.368 e. The molecule has 0 spiro atoms. The summed E-state index contributed by atoms with van der Waals surface area (Å²) >= 11 is 1.33. The van der Waals surface area contributed by atoms with Crippen LogP contribution in [-0.4, -0.2) is 58.6 Å². The lowest BCUT2D eigenvalue weighted by Crippen LogP contribution is -2.48. The molecule has 1 N–H and O–H groups in total. The van der Waals surface area contributed by atoms with Gasteiger partial charge in [-0.25, -0.2) is 9.97 Å². The third-order valence-electron chi connectivity index (χ3n) is 5.75. The summed E-state index contributed by atoms with van der Waals surface area (Å²) in [5, 5.41) is 3.54. The Hall–Kier alpha value is -3.39. The highest BCUT2D eigenvalue weighted by molar-refractivity contribution is 7.99. The van der Waals surface area contributed by atoms with Crippen molar-refractivity contribution < 1.29 is 9.59 Å². The van der Waals surface area contributed by atoms with Crippen molar-refractivity contribution in [1.29, 1.82) is 0 Å². The number of aryl methyl sites for hydroxylation is 3. The first-order chi connectivity index (χ1) is 16.4. The number of hydrogen-bond donors (Lipinski definition) is 1. The van der Waals surface area contributed by atoms with Crippen LogP contribution in [0.3, 0.4) is 0 Å². The molecule has 4 rings (SSSR count). The first kappa shape index (κ1) is 23.8. The molecule has 1 saturated heterocycles. The van der Waals surface area contributed by atoms with E-state index in [1.54, 1.807) is 0 Å². The smallest absolute Gasteiger partial charge is 0.254 e. The third-order valence-corrected chi connectivity index (χ3v) is 6.60. The van der Waals surface area contributed by atoms with Gasteiger partial charge < -0.3 is 15.1 Å². The molecule has 2 amide bonds. The van der Waals surface area contributed by atoms with Crippen LogP contribution in [-0.2, 0) is 4.79 Å². The maximum absolute atomic E-state index is 12.8. The van der Waals surface area contributed by atoms with Crippen LogP contribution in [0.2, 0.25) is 0 Å². The van der Waals surface area contributed by atoms with Crippen molar-refractivity contribution in [3.63, 3.8) is 0 Å². The predicted octanol–water partition coefficient (Wildman–Crippen LogP) is 4.10. The van der Waals surface area contributed by atoms with E-state index in [0.29, 0.717) is 18.2 Å². The molecule has 1 aromatic heterocycles. The normalized spacial score (nSPS) is 13.6. The number of piperazine rings is 1. The topological polar surface area (TPSA) is 78.4 Å². The molecule has 2 heterocycles. The lowest BCUT2D eigenvalue weighted by molar-refractivity contribution is -0.113. The highest BCUT2D eigenvalue weighted by atomic mass is 32.2. The van der Waals surface area contributed by atoms with Crippen molar-refractivity contribution in [2.75, 3.05) is 42.1 Å². The monoisotopic (exact) mass is 475 g/mol. The summed E-state index contributed by atoms with van der Waals surface area (Å²) < 4.78 is 0. The molecule has 0 bridgehead atoms. The fourth-order valence-electron chi connectivity index (χ4n) is 3.99. The van der Waals surface area contributed by atoms with Gasteiger partial charge in [0.1, 0.15) is 0 Å². The van der Waals surface area contributed by atoms with E-state index in [0.717, 1.165) is 47.0 Å². The zero-order chi connectivity index (χ0) is 24.1. The van der Waals surface area contributed by atoms with E-state index >= 15 is 0 Å². The van der Waals surface area contributed by atoms with Crippen molar-refractivity contribution >= 4 is 35.0 Å². The standard InChI is InChI=1S/C26H29N5O2S/c1-18-6-4-5-7-23(18)25(33)31-14-12-30(13-15-31)22-10-8-21(9-11-22)29-24(32)17-34-26-27-19(2)16-20(3)28-26/h4-11,16H,12-15,17H2,1-3H3,(H,29,32). The summed E-state index contributed by atoms with van der Waals surface area (Å²) in [6, 6.07) is 17.5. The molecule has 1 fully saturated rings. The molecule has 0 atom stereocenters. The molecule has 2 aromatic carbocycles. The predicted molar refractivity (Wildman–Crippen MR) is 137 cm³/mol. The fraction of sp³-hybridized carbons (Fsp3) is 0.308. The van der Waals surface area contributed by atoms with Crippen LogP contribution < -0.4 is 10.2 Å². The van der Waals surface area contributed by atoms with Gasteiger partial charge in [-0.1, -0.05) is 30.0 Å². The van der Waals surface area contributed by atoms with Crippen LogP contribution in [0.4, 0.5) is 11.4 Å². The summed E-state index contributed by atoms with van der Waals surface area (Å²) in [6.07, 6.45) is 0. The Morgan fingerprint density at radius 2 is 1.56 bits per heavy atom. The van der Waals surface area contributed by atoms with Gasteiger partial charge in [0, 0.05) is 54.5 Å². The Labute approximate surface area is 204 Å². The van der Waals surface area contributed by atoms with Gasteiger partial charge in [0.2, 0.25) is 5.91 Å². The van der Waals surface area contributed by atoms with E-state index in [4.69, 9.17) is 0 Å². The molecular formula is C26H29N5O2S. The van der Waals surface area contributed by atoms with E-state index in [2.05, 4.69) is 20.2 Å². The second kappa shape index (κ2) is 10.7. The molecule has 176 valence electrons. The third kappa shape index (κ3) is 5.94. The van der Waals surface area contributed by atoms with Crippen molar-refractivity contribution in [1.82, 2.24) is 14.9 Å². The maximum Gasteiger partial charge on any atom is 0.254 e. The van der Waals surface area contributed by atoms with Crippen LogP contribution in [0.1, 0.15) is 27.3 Å². The summed E-state index contributed by atoms with van der Waals surface area (Å²) in [5.74, 6) is 0.255. The Morgan fingerprint density at radius 3 is 2.21 bits per heavy atom. The van der Waals surface area contributed by atoms with Gasteiger partial charge in [0.25, 0.3) is 5.91 Å². The minimum absolute atomic E-state index is 0.0937. The van der Waals surface area contributed by atoms with Gasteiger partial charge in [-0.15, -0.1) is 0 Å². The molecule has 8 heteroatoms. The molecule has 0 unspecified atom stereocenters. The van der Waals surface area contributed by atoms with E-state index in [1.165, 1.54) is 11.8 Å². The van der Waals surface area contributed by atoms with Crippen molar-refractivity contribution in [3.8, 4) is 0 Å².